The van der Waals surface area contributed by atoms with Crippen LogP contribution in [0.2, 0.25) is 5.02 Å². The molecule has 0 spiro atoms. The predicted octanol–water partition coefficient (Wildman–Crippen LogP) is 5.59. The van der Waals surface area contributed by atoms with E-state index in [0.717, 1.165) is 12.1 Å². The summed E-state index contributed by atoms with van der Waals surface area (Å²) in [4.78, 5) is 16.2. The number of aromatic nitrogens is 1. The van der Waals surface area contributed by atoms with E-state index in [1.807, 2.05) is 0 Å². The molecule has 27 heavy (non-hydrogen) atoms. The number of rotatable bonds is 3. The third-order valence-electron chi connectivity index (χ3n) is 4.18. The van der Waals surface area contributed by atoms with Gasteiger partial charge >= 0.3 is 12.1 Å². The van der Waals surface area contributed by atoms with E-state index < -0.39 is 17.7 Å². The summed E-state index contributed by atoms with van der Waals surface area (Å²) < 4.78 is 44.3. The summed E-state index contributed by atoms with van der Waals surface area (Å²) in [6.07, 6.45) is -4.52. The van der Waals surface area contributed by atoms with Crippen molar-refractivity contribution in [1.29, 1.82) is 0 Å². The van der Waals surface area contributed by atoms with Gasteiger partial charge in [-0.15, -0.1) is 0 Å². The molecule has 3 aromatic rings. The first-order valence-electron chi connectivity index (χ1n) is 7.72. The molecular formula is C19H13ClF3NO3. The Bertz CT molecular complexity index is 1060. The molecule has 0 aliphatic carbocycles. The van der Waals surface area contributed by atoms with Gasteiger partial charge in [-0.2, -0.15) is 13.2 Å². The van der Waals surface area contributed by atoms with Crippen molar-refractivity contribution in [3.63, 3.8) is 0 Å². The molecule has 0 aliphatic heterocycles. The zero-order valence-electron chi connectivity index (χ0n) is 14.2. The Kier molecular flexibility index (Phi) is 4.73. The van der Waals surface area contributed by atoms with E-state index in [1.54, 1.807) is 0 Å². The number of hydrogen-bond acceptors (Lipinski definition) is 3. The van der Waals surface area contributed by atoms with E-state index in [1.165, 1.54) is 38.3 Å². The molecule has 0 saturated carbocycles. The number of aromatic carboxylic acids is 1. The van der Waals surface area contributed by atoms with Gasteiger partial charge in [-0.05, 0) is 30.7 Å². The molecule has 4 nitrogen and oxygen atoms in total. The number of carboxylic acids is 1. The maximum atomic E-state index is 13.0. The van der Waals surface area contributed by atoms with E-state index in [-0.39, 0.29) is 44.1 Å². The number of pyridine rings is 1. The van der Waals surface area contributed by atoms with Crippen LogP contribution in [0, 0.1) is 6.92 Å². The number of hydrogen-bond donors (Lipinski definition) is 1. The molecule has 0 saturated heterocycles. The van der Waals surface area contributed by atoms with E-state index >= 15 is 0 Å². The van der Waals surface area contributed by atoms with Crippen molar-refractivity contribution < 1.29 is 27.8 Å². The van der Waals surface area contributed by atoms with Crippen molar-refractivity contribution in [2.45, 2.75) is 13.1 Å². The SMILES string of the molecule is COc1cc2nc(-c3cccc(C(F)(F)F)c3)c(C)c(C(=O)O)c2cc1Cl. The quantitative estimate of drug-likeness (QED) is 0.628. The summed E-state index contributed by atoms with van der Waals surface area (Å²) in [5.41, 5.74) is -0.0953. The van der Waals surface area contributed by atoms with Gasteiger partial charge in [-0.25, -0.2) is 9.78 Å². The summed E-state index contributed by atoms with van der Waals surface area (Å²) in [6, 6.07) is 7.48. The monoisotopic (exact) mass is 395 g/mol. The summed E-state index contributed by atoms with van der Waals surface area (Å²) in [5.74, 6) is -0.943. The molecule has 8 heteroatoms. The second-order valence-corrected chi connectivity index (χ2v) is 6.26. The highest BCUT2D eigenvalue weighted by Gasteiger charge is 2.31. The Morgan fingerprint density at radius 3 is 2.52 bits per heavy atom. The van der Waals surface area contributed by atoms with Crippen molar-refractivity contribution in [2.75, 3.05) is 7.11 Å². The first-order valence-corrected chi connectivity index (χ1v) is 8.10. The van der Waals surface area contributed by atoms with Crippen LogP contribution in [0.15, 0.2) is 36.4 Å². The zero-order chi connectivity index (χ0) is 19.9. The molecule has 0 fully saturated rings. The third-order valence-corrected chi connectivity index (χ3v) is 4.47. The zero-order valence-corrected chi connectivity index (χ0v) is 14.9. The lowest BCUT2D eigenvalue weighted by Gasteiger charge is -2.15. The Morgan fingerprint density at radius 1 is 1.22 bits per heavy atom. The van der Waals surface area contributed by atoms with Gasteiger partial charge in [0.2, 0.25) is 0 Å². The molecule has 0 bridgehead atoms. The number of alkyl halides is 3. The van der Waals surface area contributed by atoms with Gasteiger partial charge in [-0.3, -0.25) is 0 Å². The second kappa shape index (κ2) is 6.74. The van der Waals surface area contributed by atoms with Crippen LogP contribution in [0.1, 0.15) is 21.5 Å². The van der Waals surface area contributed by atoms with Crippen molar-refractivity contribution >= 4 is 28.5 Å². The molecular weight excluding hydrogens is 383 g/mol. The highest BCUT2D eigenvalue weighted by molar-refractivity contribution is 6.33. The third kappa shape index (κ3) is 3.42. The molecule has 0 atom stereocenters. The molecule has 140 valence electrons. The number of nitrogens with zero attached hydrogens (tertiary/aromatic N) is 1. The maximum Gasteiger partial charge on any atom is 0.416 e. The van der Waals surface area contributed by atoms with Crippen molar-refractivity contribution in [2.24, 2.45) is 0 Å². The highest BCUT2D eigenvalue weighted by Crippen LogP contribution is 2.37. The molecule has 0 amide bonds. The molecule has 3 rings (SSSR count). The van der Waals surface area contributed by atoms with Crippen molar-refractivity contribution in [1.82, 2.24) is 4.98 Å². The van der Waals surface area contributed by atoms with Crippen LogP contribution < -0.4 is 4.74 Å². The first-order chi connectivity index (χ1) is 12.6. The lowest BCUT2D eigenvalue weighted by atomic mass is 9.96. The normalized spacial score (nSPS) is 11.6. The number of ether oxygens (including phenoxy) is 1. The molecule has 0 radical (unpaired) electrons. The fourth-order valence-electron chi connectivity index (χ4n) is 2.92. The van der Waals surface area contributed by atoms with Gasteiger partial charge in [0, 0.05) is 17.0 Å². The van der Waals surface area contributed by atoms with E-state index in [9.17, 15) is 23.1 Å². The minimum Gasteiger partial charge on any atom is -0.495 e. The van der Waals surface area contributed by atoms with Gasteiger partial charge in [0.25, 0.3) is 0 Å². The van der Waals surface area contributed by atoms with Crippen LogP contribution >= 0.6 is 11.6 Å². The van der Waals surface area contributed by atoms with Crippen molar-refractivity contribution in [3.05, 3.63) is 58.1 Å². The standard InChI is InChI=1S/C19H13ClF3NO3/c1-9-16(18(25)26)12-7-13(20)15(27-2)8-14(12)24-17(9)10-4-3-5-11(6-10)19(21,22)23/h3-8H,1-2H3,(H,25,26). The Balaban J connectivity index is 2.36. The summed E-state index contributed by atoms with van der Waals surface area (Å²) in [5, 5.41) is 10.1. The topological polar surface area (TPSA) is 59.4 Å². The lowest BCUT2D eigenvalue weighted by molar-refractivity contribution is -0.137. The van der Waals surface area contributed by atoms with Crippen molar-refractivity contribution in [3.8, 4) is 17.0 Å². The highest BCUT2D eigenvalue weighted by atomic mass is 35.5. The number of fused-ring (bicyclic) bond motifs is 1. The van der Waals surface area contributed by atoms with E-state index in [4.69, 9.17) is 16.3 Å². The molecule has 0 aliphatic rings. The molecule has 2 aromatic carbocycles. The lowest BCUT2D eigenvalue weighted by Crippen LogP contribution is -2.07. The van der Waals surface area contributed by atoms with E-state index in [0.29, 0.717) is 0 Å². The van der Waals surface area contributed by atoms with E-state index in [2.05, 4.69) is 4.98 Å². The molecule has 1 aromatic heterocycles. The molecule has 1 heterocycles. The molecule has 1 N–H and O–H groups in total. The van der Waals surface area contributed by atoms with Gasteiger partial charge in [0.05, 0.1) is 34.5 Å². The Morgan fingerprint density at radius 2 is 1.93 bits per heavy atom. The number of halogens is 4. The van der Waals surface area contributed by atoms with Gasteiger partial charge in [0.1, 0.15) is 5.75 Å². The summed E-state index contributed by atoms with van der Waals surface area (Å²) in [6.45, 7) is 1.50. The Hall–Kier alpha value is -2.80. The van der Waals surface area contributed by atoms with Crippen LogP contribution in [0.3, 0.4) is 0 Å². The van der Waals surface area contributed by atoms with Crippen LogP contribution in [0.5, 0.6) is 5.75 Å². The van der Waals surface area contributed by atoms with Crippen LogP contribution in [0.4, 0.5) is 13.2 Å². The largest absolute Gasteiger partial charge is 0.495 e. The fraction of sp³-hybridized carbons (Fsp3) is 0.158. The number of benzene rings is 2. The first kappa shape index (κ1) is 19.0. The predicted molar refractivity (Wildman–Crippen MR) is 95.4 cm³/mol. The fourth-order valence-corrected chi connectivity index (χ4v) is 3.16. The number of methoxy groups -OCH3 is 1. The molecule has 0 unspecified atom stereocenters. The minimum atomic E-state index is -4.52. The second-order valence-electron chi connectivity index (χ2n) is 5.85. The summed E-state index contributed by atoms with van der Waals surface area (Å²) in [7, 11) is 1.40. The minimum absolute atomic E-state index is 0.0723. The number of carbonyl (C=O) groups is 1. The average molecular weight is 396 g/mol. The smallest absolute Gasteiger partial charge is 0.416 e. The van der Waals surface area contributed by atoms with Crippen LogP contribution in [0.25, 0.3) is 22.2 Å². The van der Waals surface area contributed by atoms with Gasteiger partial charge < -0.3 is 9.84 Å². The van der Waals surface area contributed by atoms with Gasteiger partial charge in [0.15, 0.2) is 0 Å². The van der Waals surface area contributed by atoms with Crippen LogP contribution in [-0.2, 0) is 6.18 Å². The average Bonchev–Trinajstić information content (AvgIpc) is 2.60. The maximum absolute atomic E-state index is 13.0. The summed E-state index contributed by atoms with van der Waals surface area (Å²) >= 11 is 6.09. The Labute approximate surface area is 157 Å². The van der Waals surface area contributed by atoms with Gasteiger partial charge in [-0.1, -0.05) is 23.7 Å². The van der Waals surface area contributed by atoms with Crippen LogP contribution in [-0.4, -0.2) is 23.2 Å². The number of carboxylic acid groups (broad SMARTS) is 1.